The number of nitrogens with one attached hydrogen (secondary N) is 1. The monoisotopic (exact) mass is 439 g/mol. The number of benzene rings is 2. The summed E-state index contributed by atoms with van der Waals surface area (Å²) in [6.07, 6.45) is 3.42. The van der Waals surface area contributed by atoms with Gasteiger partial charge in [0, 0.05) is 22.5 Å². The Morgan fingerprint density at radius 1 is 1.30 bits per heavy atom. The summed E-state index contributed by atoms with van der Waals surface area (Å²) >= 11 is 7.10. The van der Waals surface area contributed by atoms with E-state index in [-0.39, 0.29) is 5.91 Å². The molecule has 0 saturated heterocycles. The van der Waals surface area contributed by atoms with E-state index < -0.39 is 0 Å². The SMILES string of the molecule is CCn1ncc2cc(C=NNC(=O)c3cc(-c4ccc(Cl)cc4OC)ns3)ccc21. The number of ether oxygens (including phenoxy) is 1. The van der Waals surface area contributed by atoms with E-state index in [2.05, 4.69) is 20.0 Å². The lowest BCUT2D eigenvalue weighted by Gasteiger charge is -2.06. The molecule has 0 aliphatic heterocycles. The second-order valence-electron chi connectivity index (χ2n) is 6.40. The zero-order valence-corrected chi connectivity index (χ0v) is 17.9. The average Bonchev–Trinajstić information content (AvgIpc) is 3.40. The number of aryl methyl sites for hydroxylation is 1. The van der Waals surface area contributed by atoms with Crippen LogP contribution in [0.25, 0.3) is 22.2 Å². The molecule has 0 saturated carbocycles. The van der Waals surface area contributed by atoms with Crippen LogP contribution in [0.5, 0.6) is 5.75 Å². The number of fused-ring (bicyclic) bond motifs is 1. The molecule has 30 heavy (non-hydrogen) atoms. The molecule has 0 atom stereocenters. The van der Waals surface area contributed by atoms with Gasteiger partial charge in [0.25, 0.3) is 5.91 Å². The quantitative estimate of drug-likeness (QED) is 0.351. The van der Waals surface area contributed by atoms with Crippen LogP contribution in [0.4, 0.5) is 0 Å². The summed E-state index contributed by atoms with van der Waals surface area (Å²) in [6, 6.07) is 12.9. The molecule has 0 bridgehead atoms. The Balaban J connectivity index is 1.46. The Morgan fingerprint density at radius 3 is 2.97 bits per heavy atom. The number of hydrogen-bond acceptors (Lipinski definition) is 6. The number of hydrazone groups is 1. The Bertz CT molecular complexity index is 1250. The number of carbonyl (C=O) groups is 1. The van der Waals surface area contributed by atoms with Crippen molar-refractivity contribution in [1.82, 2.24) is 19.6 Å². The molecular weight excluding hydrogens is 422 g/mol. The molecule has 0 aliphatic carbocycles. The molecule has 9 heteroatoms. The lowest BCUT2D eigenvalue weighted by molar-refractivity contribution is 0.0959. The smallest absolute Gasteiger partial charge is 0.283 e. The van der Waals surface area contributed by atoms with E-state index in [1.54, 1.807) is 31.5 Å². The fourth-order valence-electron chi connectivity index (χ4n) is 3.04. The molecule has 2 aromatic heterocycles. The van der Waals surface area contributed by atoms with Gasteiger partial charge in [0.1, 0.15) is 10.6 Å². The summed E-state index contributed by atoms with van der Waals surface area (Å²) in [5.41, 5.74) is 5.88. The van der Waals surface area contributed by atoms with Crippen molar-refractivity contribution in [3.8, 4) is 17.0 Å². The molecule has 4 aromatic rings. The van der Waals surface area contributed by atoms with Crippen LogP contribution in [0, 0.1) is 0 Å². The van der Waals surface area contributed by atoms with Crippen molar-refractivity contribution < 1.29 is 9.53 Å². The molecule has 0 radical (unpaired) electrons. The summed E-state index contributed by atoms with van der Waals surface area (Å²) in [7, 11) is 1.56. The lowest BCUT2D eigenvalue weighted by Crippen LogP contribution is -2.16. The highest BCUT2D eigenvalue weighted by Gasteiger charge is 2.14. The molecule has 4 rings (SSSR count). The van der Waals surface area contributed by atoms with Gasteiger partial charge in [0.15, 0.2) is 0 Å². The molecule has 7 nitrogen and oxygen atoms in total. The van der Waals surface area contributed by atoms with Crippen molar-refractivity contribution in [2.24, 2.45) is 5.10 Å². The lowest BCUT2D eigenvalue weighted by atomic mass is 10.1. The fraction of sp³-hybridized carbons (Fsp3) is 0.143. The topological polar surface area (TPSA) is 81.4 Å². The summed E-state index contributed by atoms with van der Waals surface area (Å²) in [4.78, 5) is 12.9. The Morgan fingerprint density at radius 2 is 2.17 bits per heavy atom. The number of methoxy groups -OCH3 is 1. The highest BCUT2D eigenvalue weighted by molar-refractivity contribution is 7.08. The predicted molar refractivity (Wildman–Crippen MR) is 120 cm³/mol. The molecule has 152 valence electrons. The third kappa shape index (κ3) is 4.05. The third-order valence-electron chi connectivity index (χ3n) is 4.52. The molecule has 1 N–H and O–H groups in total. The molecule has 0 spiro atoms. The second-order valence-corrected chi connectivity index (χ2v) is 7.64. The molecule has 2 aromatic carbocycles. The zero-order chi connectivity index (χ0) is 21.1. The number of carbonyl (C=O) groups excluding carboxylic acids is 1. The van der Waals surface area contributed by atoms with Crippen LogP contribution in [0.15, 0.2) is 53.8 Å². The van der Waals surface area contributed by atoms with Crippen LogP contribution in [0.3, 0.4) is 0 Å². The number of nitrogens with zero attached hydrogens (tertiary/aromatic N) is 4. The van der Waals surface area contributed by atoms with Gasteiger partial charge in [-0.3, -0.25) is 9.48 Å². The maximum atomic E-state index is 12.4. The highest BCUT2D eigenvalue weighted by atomic mass is 35.5. The third-order valence-corrected chi connectivity index (χ3v) is 5.54. The van der Waals surface area contributed by atoms with E-state index in [0.717, 1.165) is 40.1 Å². The van der Waals surface area contributed by atoms with E-state index in [0.29, 0.717) is 21.3 Å². The number of aromatic nitrogens is 3. The minimum Gasteiger partial charge on any atom is -0.496 e. The zero-order valence-electron chi connectivity index (χ0n) is 16.3. The predicted octanol–water partition coefficient (Wildman–Crippen LogP) is 4.61. The number of hydrogen-bond donors (Lipinski definition) is 1. The molecule has 1 amide bonds. The summed E-state index contributed by atoms with van der Waals surface area (Å²) in [5, 5.41) is 9.98. The Kier molecular flexibility index (Phi) is 5.78. The normalized spacial score (nSPS) is 11.3. The number of halogens is 1. The summed E-state index contributed by atoms with van der Waals surface area (Å²) < 4.78 is 11.6. The van der Waals surface area contributed by atoms with Crippen molar-refractivity contribution >= 4 is 46.2 Å². The van der Waals surface area contributed by atoms with Gasteiger partial charge < -0.3 is 4.74 Å². The van der Waals surface area contributed by atoms with Crippen molar-refractivity contribution in [1.29, 1.82) is 0 Å². The van der Waals surface area contributed by atoms with Crippen LogP contribution in [-0.2, 0) is 6.54 Å². The van der Waals surface area contributed by atoms with Crippen molar-refractivity contribution in [3.05, 3.63) is 64.1 Å². The minimum absolute atomic E-state index is 0.331. The van der Waals surface area contributed by atoms with Gasteiger partial charge in [-0.15, -0.1) is 0 Å². The first-order valence-corrected chi connectivity index (χ1v) is 10.3. The summed E-state index contributed by atoms with van der Waals surface area (Å²) in [6.45, 7) is 2.86. The van der Waals surface area contributed by atoms with Crippen LogP contribution in [0.1, 0.15) is 22.2 Å². The molecule has 0 unspecified atom stereocenters. The number of amides is 1. The maximum absolute atomic E-state index is 12.4. The van der Waals surface area contributed by atoms with Crippen LogP contribution in [-0.4, -0.2) is 33.4 Å². The van der Waals surface area contributed by atoms with E-state index >= 15 is 0 Å². The maximum Gasteiger partial charge on any atom is 0.283 e. The van der Waals surface area contributed by atoms with Gasteiger partial charge in [-0.05, 0) is 60.4 Å². The fourth-order valence-corrected chi connectivity index (χ4v) is 3.85. The van der Waals surface area contributed by atoms with Gasteiger partial charge >= 0.3 is 0 Å². The standard InChI is InChI=1S/C21H18ClN5O2S/c1-3-27-18-7-4-13(8-14(18)12-24-27)11-23-25-21(28)20-10-17(26-30-20)16-6-5-15(22)9-19(16)29-2/h4-12H,3H2,1-2H3,(H,25,28). The van der Waals surface area contributed by atoms with E-state index in [9.17, 15) is 4.79 Å². The average molecular weight is 440 g/mol. The Hall–Kier alpha value is -3.23. The molecule has 0 fully saturated rings. The minimum atomic E-state index is -0.331. The van der Waals surface area contributed by atoms with Gasteiger partial charge in [-0.2, -0.15) is 14.6 Å². The van der Waals surface area contributed by atoms with Gasteiger partial charge in [-0.25, -0.2) is 5.43 Å². The van der Waals surface area contributed by atoms with E-state index in [4.69, 9.17) is 16.3 Å². The van der Waals surface area contributed by atoms with E-state index in [1.165, 1.54) is 0 Å². The van der Waals surface area contributed by atoms with Crippen molar-refractivity contribution in [2.45, 2.75) is 13.5 Å². The highest BCUT2D eigenvalue weighted by Crippen LogP contribution is 2.33. The van der Waals surface area contributed by atoms with Gasteiger partial charge in [0.2, 0.25) is 0 Å². The molecule has 2 heterocycles. The van der Waals surface area contributed by atoms with Gasteiger partial charge in [-0.1, -0.05) is 17.7 Å². The van der Waals surface area contributed by atoms with Crippen molar-refractivity contribution in [2.75, 3.05) is 7.11 Å². The van der Waals surface area contributed by atoms with Crippen molar-refractivity contribution in [3.63, 3.8) is 0 Å². The second kappa shape index (κ2) is 8.64. The van der Waals surface area contributed by atoms with Gasteiger partial charge in [0.05, 0.1) is 30.7 Å². The first kappa shape index (κ1) is 20.1. The van der Waals surface area contributed by atoms with Crippen LogP contribution < -0.4 is 10.2 Å². The van der Waals surface area contributed by atoms with Crippen LogP contribution in [0.2, 0.25) is 5.02 Å². The Labute approximate surface area is 182 Å². The largest absolute Gasteiger partial charge is 0.496 e. The number of rotatable bonds is 6. The van der Waals surface area contributed by atoms with E-state index in [1.807, 2.05) is 42.1 Å². The first-order valence-electron chi connectivity index (χ1n) is 9.18. The molecule has 0 aliphatic rings. The molecular formula is C21H18ClN5O2S. The summed E-state index contributed by atoms with van der Waals surface area (Å²) in [5.74, 6) is 0.266. The van der Waals surface area contributed by atoms with Crippen LogP contribution >= 0.6 is 23.1 Å². The first-order chi connectivity index (χ1) is 14.6.